The van der Waals surface area contributed by atoms with Gasteiger partial charge in [-0.1, -0.05) is 26.0 Å². The minimum Gasteiger partial charge on any atom is -0.463 e. The Morgan fingerprint density at radius 1 is 1.33 bits per heavy atom. The minimum absolute atomic E-state index is 0.251. The number of fused-ring (bicyclic) bond motifs is 1. The normalized spacial score (nSPS) is 10.9. The lowest BCUT2D eigenvalue weighted by Gasteiger charge is -2.09. The number of nitriles is 1. The number of ether oxygens (including phenoxy) is 1. The van der Waals surface area contributed by atoms with Crippen molar-refractivity contribution in [1.82, 2.24) is 19.5 Å². The van der Waals surface area contributed by atoms with Crippen LogP contribution in [0.15, 0.2) is 30.6 Å². The predicted molar refractivity (Wildman–Crippen MR) is 90.3 cm³/mol. The maximum absolute atomic E-state index is 9.01. The van der Waals surface area contributed by atoms with E-state index in [4.69, 9.17) is 15.7 Å². The number of hydrogen-bond donors (Lipinski definition) is 1. The van der Waals surface area contributed by atoms with E-state index in [1.54, 1.807) is 12.4 Å². The lowest BCUT2D eigenvalue weighted by molar-refractivity contribution is 0.252. The molecular weight excluding hydrogens is 304 g/mol. The van der Waals surface area contributed by atoms with Crippen LogP contribution in [0.4, 0.5) is 5.82 Å². The standard InChI is InChI=1S/C17H18N6O/c1-11(2)9-24-17-21-15(19)14-16(22-17)23(10-20-14)8-13-5-3-4-12(6-13)7-18/h3-6,10-11H,8-9H2,1-2H3,(H2,19,21,22). The Morgan fingerprint density at radius 3 is 2.92 bits per heavy atom. The molecule has 0 amide bonds. The van der Waals surface area contributed by atoms with Gasteiger partial charge in [0.1, 0.15) is 0 Å². The zero-order valence-corrected chi connectivity index (χ0v) is 13.6. The van der Waals surface area contributed by atoms with Crippen LogP contribution in [0.1, 0.15) is 25.0 Å². The van der Waals surface area contributed by atoms with Gasteiger partial charge < -0.3 is 15.0 Å². The van der Waals surface area contributed by atoms with E-state index < -0.39 is 0 Å². The second-order valence-corrected chi connectivity index (χ2v) is 5.95. The molecule has 0 fully saturated rings. The van der Waals surface area contributed by atoms with Crippen molar-refractivity contribution in [3.63, 3.8) is 0 Å². The molecule has 0 aliphatic rings. The summed E-state index contributed by atoms with van der Waals surface area (Å²) in [7, 11) is 0. The van der Waals surface area contributed by atoms with Crippen LogP contribution in [-0.2, 0) is 6.54 Å². The van der Waals surface area contributed by atoms with Gasteiger partial charge in [0.05, 0.1) is 31.1 Å². The quantitative estimate of drug-likeness (QED) is 0.773. The molecule has 2 aromatic heterocycles. The first-order valence-electron chi connectivity index (χ1n) is 7.67. The molecule has 3 rings (SSSR count). The molecule has 0 radical (unpaired) electrons. The fourth-order valence-corrected chi connectivity index (χ4v) is 2.30. The fourth-order valence-electron chi connectivity index (χ4n) is 2.30. The van der Waals surface area contributed by atoms with Gasteiger partial charge in [-0.3, -0.25) is 0 Å². The zero-order chi connectivity index (χ0) is 17.1. The molecule has 24 heavy (non-hydrogen) atoms. The third-order valence-corrected chi connectivity index (χ3v) is 3.43. The Morgan fingerprint density at radius 2 is 2.17 bits per heavy atom. The van der Waals surface area contributed by atoms with Gasteiger partial charge in [0.25, 0.3) is 0 Å². The van der Waals surface area contributed by atoms with Gasteiger partial charge in [-0.05, 0) is 23.6 Å². The maximum Gasteiger partial charge on any atom is 0.320 e. The molecule has 0 unspecified atom stereocenters. The van der Waals surface area contributed by atoms with E-state index in [1.807, 2.05) is 36.6 Å². The number of benzene rings is 1. The third kappa shape index (κ3) is 3.27. The molecule has 0 spiro atoms. The molecule has 0 saturated carbocycles. The summed E-state index contributed by atoms with van der Waals surface area (Å²) in [5.74, 6) is 0.660. The molecule has 7 heteroatoms. The van der Waals surface area contributed by atoms with Crippen molar-refractivity contribution >= 4 is 17.0 Å². The summed E-state index contributed by atoms with van der Waals surface area (Å²) in [6, 6.07) is 9.81. The summed E-state index contributed by atoms with van der Waals surface area (Å²) < 4.78 is 7.45. The van der Waals surface area contributed by atoms with Crippen LogP contribution in [0.2, 0.25) is 0 Å². The van der Waals surface area contributed by atoms with Crippen LogP contribution in [0, 0.1) is 17.2 Å². The predicted octanol–water partition coefficient (Wildman–Crippen LogP) is 2.36. The summed E-state index contributed by atoms with van der Waals surface area (Å²) in [6.07, 6.45) is 1.67. The van der Waals surface area contributed by atoms with Crippen molar-refractivity contribution < 1.29 is 4.74 Å². The van der Waals surface area contributed by atoms with E-state index in [9.17, 15) is 0 Å². The Kier molecular flexibility index (Phi) is 4.29. The van der Waals surface area contributed by atoms with Gasteiger partial charge >= 0.3 is 6.01 Å². The molecule has 122 valence electrons. The van der Waals surface area contributed by atoms with Crippen LogP contribution in [0.3, 0.4) is 0 Å². The highest BCUT2D eigenvalue weighted by molar-refractivity contribution is 5.81. The number of anilines is 1. The highest BCUT2D eigenvalue weighted by Gasteiger charge is 2.13. The van der Waals surface area contributed by atoms with Crippen LogP contribution in [-0.4, -0.2) is 26.1 Å². The molecule has 0 aliphatic heterocycles. The highest BCUT2D eigenvalue weighted by atomic mass is 16.5. The van der Waals surface area contributed by atoms with Crippen molar-refractivity contribution in [1.29, 1.82) is 5.26 Å². The van der Waals surface area contributed by atoms with E-state index in [1.165, 1.54) is 0 Å². The summed E-state index contributed by atoms with van der Waals surface area (Å²) in [6.45, 7) is 5.15. The van der Waals surface area contributed by atoms with Gasteiger partial charge in [-0.25, -0.2) is 4.98 Å². The number of aromatic nitrogens is 4. The van der Waals surface area contributed by atoms with Gasteiger partial charge in [0.2, 0.25) is 0 Å². The number of nitrogens with zero attached hydrogens (tertiary/aromatic N) is 5. The Labute approximate surface area is 139 Å². The SMILES string of the molecule is CC(C)COc1nc(N)c2ncn(Cc3cccc(C#N)c3)c2n1. The lowest BCUT2D eigenvalue weighted by Crippen LogP contribution is -2.09. The molecule has 7 nitrogen and oxygen atoms in total. The van der Waals surface area contributed by atoms with Crippen molar-refractivity contribution in [2.45, 2.75) is 20.4 Å². The number of imidazole rings is 1. The first-order chi connectivity index (χ1) is 11.6. The van der Waals surface area contributed by atoms with Crippen molar-refractivity contribution in [2.75, 3.05) is 12.3 Å². The highest BCUT2D eigenvalue weighted by Crippen LogP contribution is 2.20. The largest absolute Gasteiger partial charge is 0.463 e. The van der Waals surface area contributed by atoms with Gasteiger partial charge in [-0.15, -0.1) is 0 Å². The number of nitrogens with two attached hydrogens (primary N) is 1. The summed E-state index contributed by atoms with van der Waals surface area (Å²) in [4.78, 5) is 12.9. The van der Waals surface area contributed by atoms with Crippen molar-refractivity contribution in [2.24, 2.45) is 5.92 Å². The van der Waals surface area contributed by atoms with Crippen LogP contribution in [0.25, 0.3) is 11.2 Å². The maximum atomic E-state index is 9.01. The molecule has 2 N–H and O–H groups in total. The van der Waals surface area contributed by atoms with Crippen molar-refractivity contribution in [3.05, 3.63) is 41.7 Å². The lowest BCUT2D eigenvalue weighted by atomic mass is 10.1. The minimum atomic E-state index is 0.251. The smallest absolute Gasteiger partial charge is 0.320 e. The van der Waals surface area contributed by atoms with Crippen molar-refractivity contribution in [3.8, 4) is 12.1 Å². The van der Waals surface area contributed by atoms with Gasteiger partial charge in [0.15, 0.2) is 17.0 Å². The molecule has 0 saturated heterocycles. The van der Waals surface area contributed by atoms with Gasteiger partial charge in [0, 0.05) is 0 Å². The van der Waals surface area contributed by atoms with E-state index >= 15 is 0 Å². The molecule has 2 heterocycles. The van der Waals surface area contributed by atoms with E-state index in [0.717, 1.165) is 5.56 Å². The molecule has 1 aromatic carbocycles. The Balaban J connectivity index is 1.94. The molecular formula is C17H18N6O. The van der Waals surface area contributed by atoms with Crippen LogP contribution in [0.5, 0.6) is 6.01 Å². The average Bonchev–Trinajstić information content (AvgIpc) is 2.96. The number of rotatable bonds is 5. The summed E-state index contributed by atoms with van der Waals surface area (Å²) in [5.41, 5.74) is 8.72. The topological polar surface area (TPSA) is 103 Å². The van der Waals surface area contributed by atoms with Crippen LogP contribution < -0.4 is 10.5 Å². The first kappa shape index (κ1) is 15.7. The number of hydrogen-bond acceptors (Lipinski definition) is 6. The monoisotopic (exact) mass is 322 g/mol. The Bertz CT molecular complexity index is 909. The van der Waals surface area contributed by atoms with E-state index in [-0.39, 0.29) is 6.01 Å². The second kappa shape index (κ2) is 6.54. The van der Waals surface area contributed by atoms with Gasteiger partial charge in [-0.2, -0.15) is 15.2 Å². The second-order valence-electron chi connectivity index (χ2n) is 5.95. The zero-order valence-electron chi connectivity index (χ0n) is 13.6. The Hall–Kier alpha value is -3.14. The molecule has 0 atom stereocenters. The number of nitrogen functional groups attached to an aromatic ring is 1. The third-order valence-electron chi connectivity index (χ3n) is 3.43. The summed E-state index contributed by atoms with van der Waals surface area (Å²) in [5, 5.41) is 9.01. The van der Waals surface area contributed by atoms with E-state index in [2.05, 4.69) is 21.0 Å². The van der Waals surface area contributed by atoms with E-state index in [0.29, 0.717) is 41.6 Å². The fraction of sp³-hybridized carbons (Fsp3) is 0.294. The molecule has 0 bridgehead atoms. The van der Waals surface area contributed by atoms with Crippen LogP contribution >= 0.6 is 0 Å². The molecule has 0 aliphatic carbocycles. The average molecular weight is 322 g/mol. The summed E-state index contributed by atoms with van der Waals surface area (Å²) >= 11 is 0. The molecule has 3 aromatic rings. The first-order valence-corrected chi connectivity index (χ1v) is 7.67.